The molecule has 1 N–H and O–H groups in total. The SMILES string of the molecule is CC(CO)SCC(=O)N(C)C(C)C. The van der Waals surface area contributed by atoms with Gasteiger partial charge in [-0.2, -0.15) is 0 Å². The van der Waals surface area contributed by atoms with Crippen molar-refractivity contribution in [2.75, 3.05) is 19.4 Å². The van der Waals surface area contributed by atoms with Crippen LogP contribution in [0.5, 0.6) is 0 Å². The predicted molar refractivity (Wildman–Crippen MR) is 56.9 cm³/mol. The van der Waals surface area contributed by atoms with Gasteiger partial charge in [0.15, 0.2) is 0 Å². The number of hydrogen-bond donors (Lipinski definition) is 1. The number of carbonyl (C=O) groups is 1. The van der Waals surface area contributed by atoms with Gasteiger partial charge in [-0.15, -0.1) is 11.8 Å². The van der Waals surface area contributed by atoms with Crippen molar-refractivity contribution in [3.8, 4) is 0 Å². The molecule has 0 heterocycles. The first-order chi connectivity index (χ1) is 5.99. The lowest BCUT2D eigenvalue weighted by molar-refractivity contribution is -0.128. The van der Waals surface area contributed by atoms with Gasteiger partial charge < -0.3 is 10.0 Å². The normalized spacial score (nSPS) is 13.1. The van der Waals surface area contributed by atoms with Crippen molar-refractivity contribution in [2.24, 2.45) is 0 Å². The van der Waals surface area contributed by atoms with E-state index in [1.807, 2.05) is 20.8 Å². The van der Waals surface area contributed by atoms with E-state index in [4.69, 9.17) is 5.11 Å². The number of rotatable bonds is 5. The van der Waals surface area contributed by atoms with E-state index in [0.717, 1.165) is 0 Å². The highest BCUT2D eigenvalue weighted by Crippen LogP contribution is 2.10. The molecule has 0 saturated heterocycles. The predicted octanol–water partition coefficient (Wildman–Crippen LogP) is 0.967. The Morgan fingerprint density at radius 2 is 2.00 bits per heavy atom. The van der Waals surface area contributed by atoms with Crippen molar-refractivity contribution in [3.05, 3.63) is 0 Å². The second-order valence-electron chi connectivity index (χ2n) is 3.40. The Kier molecular flexibility index (Phi) is 6.16. The zero-order chi connectivity index (χ0) is 10.4. The third kappa shape index (κ3) is 5.16. The smallest absolute Gasteiger partial charge is 0.232 e. The van der Waals surface area contributed by atoms with E-state index >= 15 is 0 Å². The molecule has 3 nitrogen and oxygen atoms in total. The lowest BCUT2D eigenvalue weighted by atomic mass is 10.3. The monoisotopic (exact) mass is 205 g/mol. The maximum atomic E-state index is 11.4. The summed E-state index contributed by atoms with van der Waals surface area (Å²) in [6.07, 6.45) is 0. The largest absolute Gasteiger partial charge is 0.395 e. The van der Waals surface area contributed by atoms with E-state index in [9.17, 15) is 4.79 Å². The van der Waals surface area contributed by atoms with Crippen LogP contribution in [0.3, 0.4) is 0 Å². The average molecular weight is 205 g/mol. The number of carbonyl (C=O) groups excluding carboxylic acids is 1. The number of aliphatic hydroxyl groups excluding tert-OH is 1. The van der Waals surface area contributed by atoms with Gasteiger partial charge in [-0.05, 0) is 13.8 Å². The van der Waals surface area contributed by atoms with Gasteiger partial charge in [0.2, 0.25) is 5.91 Å². The molecule has 0 saturated carbocycles. The van der Waals surface area contributed by atoms with Gasteiger partial charge in [-0.25, -0.2) is 0 Å². The minimum atomic E-state index is 0.125. The van der Waals surface area contributed by atoms with Crippen molar-refractivity contribution < 1.29 is 9.90 Å². The van der Waals surface area contributed by atoms with Crippen LogP contribution in [0.1, 0.15) is 20.8 Å². The maximum Gasteiger partial charge on any atom is 0.232 e. The summed E-state index contributed by atoms with van der Waals surface area (Å²) in [5.74, 6) is 0.580. The molecule has 1 amide bonds. The van der Waals surface area contributed by atoms with E-state index in [2.05, 4.69) is 0 Å². The molecule has 0 aromatic heterocycles. The molecule has 0 radical (unpaired) electrons. The Morgan fingerprint density at radius 3 is 2.38 bits per heavy atom. The Balaban J connectivity index is 3.74. The molecule has 0 aliphatic carbocycles. The summed E-state index contributed by atoms with van der Waals surface area (Å²) in [7, 11) is 1.80. The van der Waals surface area contributed by atoms with E-state index in [1.54, 1.807) is 11.9 Å². The lowest BCUT2D eigenvalue weighted by Crippen LogP contribution is -2.34. The van der Waals surface area contributed by atoms with Crippen molar-refractivity contribution >= 4 is 17.7 Å². The summed E-state index contributed by atoms with van der Waals surface area (Å²) in [6, 6.07) is 0.248. The van der Waals surface area contributed by atoms with Gasteiger partial charge in [0, 0.05) is 18.3 Å². The van der Waals surface area contributed by atoms with Gasteiger partial charge in [-0.1, -0.05) is 6.92 Å². The highest BCUT2D eigenvalue weighted by atomic mass is 32.2. The minimum Gasteiger partial charge on any atom is -0.395 e. The molecule has 78 valence electrons. The molecule has 0 spiro atoms. The highest BCUT2D eigenvalue weighted by molar-refractivity contribution is 8.00. The molecular weight excluding hydrogens is 186 g/mol. The molecule has 0 aliphatic rings. The topological polar surface area (TPSA) is 40.5 Å². The van der Waals surface area contributed by atoms with Crippen molar-refractivity contribution in [3.63, 3.8) is 0 Å². The molecule has 0 aromatic rings. The Bertz CT molecular complexity index is 162. The van der Waals surface area contributed by atoms with Crippen LogP contribution in [0.25, 0.3) is 0 Å². The summed E-state index contributed by atoms with van der Waals surface area (Å²) in [5, 5.41) is 8.89. The van der Waals surface area contributed by atoms with Crippen LogP contribution >= 0.6 is 11.8 Å². The number of nitrogens with zero attached hydrogens (tertiary/aromatic N) is 1. The molecule has 0 rings (SSSR count). The van der Waals surface area contributed by atoms with Crippen molar-refractivity contribution in [2.45, 2.75) is 32.1 Å². The molecule has 1 atom stereocenters. The van der Waals surface area contributed by atoms with Crippen LogP contribution in [-0.2, 0) is 4.79 Å². The summed E-state index contributed by atoms with van der Waals surface area (Å²) in [6.45, 7) is 6.01. The quantitative estimate of drug-likeness (QED) is 0.727. The van der Waals surface area contributed by atoms with Crippen LogP contribution in [0, 0.1) is 0 Å². The van der Waals surface area contributed by atoms with Crippen LogP contribution in [0.4, 0.5) is 0 Å². The van der Waals surface area contributed by atoms with E-state index in [0.29, 0.717) is 5.75 Å². The molecule has 4 heteroatoms. The fourth-order valence-corrected chi connectivity index (χ4v) is 1.39. The fraction of sp³-hybridized carbons (Fsp3) is 0.889. The molecule has 13 heavy (non-hydrogen) atoms. The molecular formula is C9H19NO2S. The van der Waals surface area contributed by atoms with Crippen molar-refractivity contribution in [1.82, 2.24) is 4.90 Å². The fourth-order valence-electron chi connectivity index (χ4n) is 0.656. The van der Waals surface area contributed by atoms with Crippen LogP contribution in [0.15, 0.2) is 0 Å². The Labute approximate surface area is 84.5 Å². The van der Waals surface area contributed by atoms with E-state index in [1.165, 1.54) is 11.8 Å². The second-order valence-corrected chi connectivity index (χ2v) is 4.83. The van der Waals surface area contributed by atoms with Gasteiger partial charge in [0.1, 0.15) is 0 Å². The van der Waals surface area contributed by atoms with Crippen LogP contribution in [0.2, 0.25) is 0 Å². The molecule has 0 aromatic carbocycles. The first-order valence-electron chi connectivity index (χ1n) is 4.47. The second kappa shape index (κ2) is 6.27. The average Bonchev–Trinajstić information content (AvgIpc) is 2.11. The number of amides is 1. The zero-order valence-electron chi connectivity index (χ0n) is 8.78. The van der Waals surface area contributed by atoms with Crippen LogP contribution in [-0.4, -0.2) is 46.6 Å². The molecule has 1 unspecified atom stereocenters. The first-order valence-corrected chi connectivity index (χ1v) is 5.52. The lowest BCUT2D eigenvalue weighted by Gasteiger charge is -2.21. The van der Waals surface area contributed by atoms with Gasteiger partial charge >= 0.3 is 0 Å². The van der Waals surface area contributed by atoms with E-state index < -0.39 is 0 Å². The van der Waals surface area contributed by atoms with Gasteiger partial charge in [0.25, 0.3) is 0 Å². The Morgan fingerprint density at radius 1 is 1.46 bits per heavy atom. The van der Waals surface area contributed by atoms with Gasteiger partial charge in [-0.3, -0.25) is 4.79 Å². The summed E-state index contributed by atoms with van der Waals surface area (Å²) < 4.78 is 0. The Hall–Kier alpha value is -0.220. The highest BCUT2D eigenvalue weighted by Gasteiger charge is 2.12. The van der Waals surface area contributed by atoms with Gasteiger partial charge in [0.05, 0.1) is 12.4 Å². The molecule has 0 aliphatic heterocycles. The minimum absolute atomic E-state index is 0.125. The maximum absolute atomic E-state index is 11.4. The van der Waals surface area contributed by atoms with Crippen molar-refractivity contribution in [1.29, 1.82) is 0 Å². The number of aliphatic hydroxyl groups is 1. The van der Waals surface area contributed by atoms with E-state index in [-0.39, 0.29) is 23.8 Å². The molecule has 0 bridgehead atoms. The third-order valence-corrected chi connectivity index (χ3v) is 3.05. The number of hydrogen-bond acceptors (Lipinski definition) is 3. The number of thioether (sulfide) groups is 1. The zero-order valence-corrected chi connectivity index (χ0v) is 9.60. The third-order valence-electron chi connectivity index (χ3n) is 1.92. The summed E-state index contributed by atoms with van der Waals surface area (Å²) in [4.78, 5) is 13.1. The summed E-state index contributed by atoms with van der Waals surface area (Å²) >= 11 is 1.49. The molecule has 0 fully saturated rings. The first kappa shape index (κ1) is 12.8. The summed E-state index contributed by atoms with van der Waals surface area (Å²) in [5.41, 5.74) is 0. The van der Waals surface area contributed by atoms with Crippen LogP contribution < -0.4 is 0 Å². The standard InChI is InChI=1S/C9H19NO2S/c1-7(2)10(4)9(12)6-13-8(3)5-11/h7-8,11H,5-6H2,1-4H3.